The summed E-state index contributed by atoms with van der Waals surface area (Å²) in [6.07, 6.45) is 0. The van der Waals surface area contributed by atoms with E-state index in [2.05, 4.69) is 10.2 Å². The van der Waals surface area contributed by atoms with E-state index in [1.807, 2.05) is 42.5 Å². The molecule has 6 heteroatoms. The molecule has 0 atom stereocenters. The molecule has 0 radical (unpaired) electrons. The Balaban J connectivity index is 1.49. The molecule has 0 unspecified atom stereocenters. The summed E-state index contributed by atoms with van der Waals surface area (Å²) in [5.41, 5.74) is 2.75. The van der Waals surface area contributed by atoms with Crippen LogP contribution in [0.2, 0.25) is 5.02 Å². The summed E-state index contributed by atoms with van der Waals surface area (Å²) >= 11 is 5.86. The molecule has 4 rings (SSSR count). The van der Waals surface area contributed by atoms with Gasteiger partial charge in [0, 0.05) is 16.1 Å². The van der Waals surface area contributed by atoms with Crippen molar-refractivity contribution < 1.29 is 13.9 Å². The van der Waals surface area contributed by atoms with Gasteiger partial charge in [-0.25, -0.2) is 4.79 Å². The van der Waals surface area contributed by atoms with Crippen LogP contribution in [0.5, 0.6) is 0 Å². The lowest BCUT2D eigenvalue weighted by Gasteiger charge is -2.06. The van der Waals surface area contributed by atoms with Gasteiger partial charge in [-0.1, -0.05) is 48.0 Å². The minimum atomic E-state index is -0.431. The van der Waals surface area contributed by atoms with E-state index >= 15 is 0 Å². The lowest BCUT2D eigenvalue weighted by molar-refractivity contribution is 0.0473. The molecule has 0 spiro atoms. The number of rotatable bonds is 5. The van der Waals surface area contributed by atoms with Crippen LogP contribution in [0, 0.1) is 0 Å². The second-order valence-electron chi connectivity index (χ2n) is 6.06. The van der Waals surface area contributed by atoms with E-state index in [1.54, 1.807) is 36.4 Å². The van der Waals surface area contributed by atoms with Crippen molar-refractivity contribution in [1.82, 2.24) is 10.2 Å². The highest BCUT2D eigenvalue weighted by Gasteiger charge is 2.13. The highest BCUT2D eigenvalue weighted by atomic mass is 35.5. The zero-order valence-corrected chi connectivity index (χ0v) is 15.5. The molecule has 4 aromatic rings. The van der Waals surface area contributed by atoms with Crippen molar-refractivity contribution in [3.8, 4) is 22.9 Å². The fourth-order valence-corrected chi connectivity index (χ4v) is 2.76. The van der Waals surface area contributed by atoms with Gasteiger partial charge in [0.15, 0.2) is 0 Å². The lowest BCUT2D eigenvalue weighted by Crippen LogP contribution is -2.05. The summed E-state index contributed by atoms with van der Waals surface area (Å²) in [5, 5.41) is 8.80. The molecule has 138 valence electrons. The first-order chi connectivity index (χ1) is 13.7. The van der Waals surface area contributed by atoms with Crippen molar-refractivity contribution in [3.05, 3.63) is 95.0 Å². The van der Waals surface area contributed by atoms with E-state index in [4.69, 9.17) is 20.8 Å². The van der Waals surface area contributed by atoms with Gasteiger partial charge in [-0.15, -0.1) is 10.2 Å². The number of esters is 1. The highest BCUT2D eigenvalue weighted by Crippen LogP contribution is 2.24. The summed E-state index contributed by atoms with van der Waals surface area (Å²) < 4.78 is 11.1. The summed E-state index contributed by atoms with van der Waals surface area (Å²) in [6.45, 7) is 0.166. The first kappa shape index (κ1) is 17.9. The second kappa shape index (κ2) is 8.06. The van der Waals surface area contributed by atoms with Gasteiger partial charge in [0.25, 0.3) is 0 Å². The average molecular weight is 391 g/mol. The van der Waals surface area contributed by atoms with Crippen LogP contribution in [0.15, 0.2) is 83.3 Å². The van der Waals surface area contributed by atoms with Crippen molar-refractivity contribution >= 4 is 17.6 Å². The van der Waals surface area contributed by atoms with E-state index in [0.717, 1.165) is 11.1 Å². The van der Waals surface area contributed by atoms with Gasteiger partial charge < -0.3 is 9.15 Å². The third-order valence-corrected chi connectivity index (χ3v) is 4.33. The molecule has 0 bridgehead atoms. The smallest absolute Gasteiger partial charge is 0.338 e. The van der Waals surface area contributed by atoms with Gasteiger partial charge in [0.2, 0.25) is 11.8 Å². The standard InChI is InChI=1S/C22H15ClN2O3/c23-19-11-9-15(10-12-19)14-27-22(26)18-8-4-7-17(13-18)21-25-24-20(28-21)16-5-2-1-3-6-16/h1-13H,14H2. The molecule has 0 aliphatic rings. The van der Waals surface area contributed by atoms with E-state index in [-0.39, 0.29) is 6.61 Å². The molecule has 0 aliphatic heterocycles. The fourth-order valence-electron chi connectivity index (χ4n) is 2.63. The first-order valence-corrected chi connectivity index (χ1v) is 8.98. The third kappa shape index (κ3) is 4.10. The number of hydrogen-bond acceptors (Lipinski definition) is 5. The Morgan fingerprint density at radius 2 is 1.54 bits per heavy atom. The van der Waals surface area contributed by atoms with Gasteiger partial charge in [0.05, 0.1) is 5.56 Å². The highest BCUT2D eigenvalue weighted by molar-refractivity contribution is 6.30. The van der Waals surface area contributed by atoms with Gasteiger partial charge in [0.1, 0.15) is 6.61 Å². The minimum Gasteiger partial charge on any atom is -0.457 e. The van der Waals surface area contributed by atoms with Crippen LogP contribution < -0.4 is 0 Å². The molecular weight excluding hydrogens is 376 g/mol. The van der Waals surface area contributed by atoms with Crippen LogP contribution in [-0.4, -0.2) is 16.2 Å². The maximum Gasteiger partial charge on any atom is 0.338 e. The Bertz CT molecular complexity index is 1090. The topological polar surface area (TPSA) is 65.2 Å². The second-order valence-corrected chi connectivity index (χ2v) is 6.50. The Morgan fingerprint density at radius 1 is 0.857 bits per heavy atom. The summed E-state index contributed by atoms with van der Waals surface area (Å²) in [7, 11) is 0. The quantitative estimate of drug-likeness (QED) is 0.426. The Morgan fingerprint density at radius 3 is 2.29 bits per heavy atom. The number of halogens is 1. The van der Waals surface area contributed by atoms with Crippen LogP contribution in [0.1, 0.15) is 15.9 Å². The Labute approximate surface area is 166 Å². The maximum absolute atomic E-state index is 12.4. The molecule has 0 aliphatic carbocycles. The van der Waals surface area contributed by atoms with Crippen molar-refractivity contribution in [1.29, 1.82) is 0 Å². The fraction of sp³-hybridized carbons (Fsp3) is 0.0455. The molecule has 0 fully saturated rings. The predicted molar refractivity (Wildman–Crippen MR) is 106 cm³/mol. The zero-order valence-electron chi connectivity index (χ0n) is 14.7. The average Bonchev–Trinajstić information content (AvgIpc) is 3.24. The summed E-state index contributed by atoms with van der Waals surface area (Å²) in [5.74, 6) is 0.331. The maximum atomic E-state index is 12.4. The van der Waals surface area contributed by atoms with Crippen LogP contribution in [0.4, 0.5) is 0 Å². The van der Waals surface area contributed by atoms with E-state index in [9.17, 15) is 4.79 Å². The van der Waals surface area contributed by atoms with Crippen molar-refractivity contribution in [2.75, 3.05) is 0 Å². The number of aromatic nitrogens is 2. The molecule has 0 saturated carbocycles. The molecule has 0 amide bonds. The Hall–Kier alpha value is -3.44. The molecule has 3 aromatic carbocycles. The lowest BCUT2D eigenvalue weighted by atomic mass is 10.1. The minimum absolute atomic E-state index is 0.166. The molecule has 1 heterocycles. The zero-order chi connectivity index (χ0) is 19.3. The van der Waals surface area contributed by atoms with Gasteiger partial charge in [-0.3, -0.25) is 0 Å². The third-order valence-electron chi connectivity index (χ3n) is 4.07. The monoisotopic (exact) mass is 390 g/mol. The summed E-state index contributed by atoms with van der Waals surface area (Å²) in [6, 6.07) is 23.5. The molecule has 0 N–H and O–H groups in total. The van der Waals surface area contributed by atoms with E-state index in [0.29, 0.717) is 27.9 Å². The predicted octanol–water partition coefficient (Wildman–Crippen LogP) is 5.41. The first-order valence-electron chi connectivity index (χ1n) is 8.60. The van der Waals surface area contributed by atoms with Crippen molar-refractivity contribution in [2.45, 2.75) is 6.61 Å². The normalized spacial score (nSPS) is 10.6. The van der Waals surface area contributed by atoms with Crippen LogP contribution in [0.25, 0.3) is 22.9 Å². The van der Waals surface area contributed by atoms with Crippen LogP contribution in [0.3, 0.4) is 0 Å². The van der Waals surface area contributed by atoms with Crippen LogP contribution >= 0.6 is 11.6 Å². The van der Waals surface area contributed by atoms with Gasteiger partial charge in [-0.2, -0.15) is 0 Å². The molecule has 1 aromatic heterocycles. The number of benzene rings is 3. The van der Waals surface area contributed by atoms with Crippen molar-refractivity contribution in [3.63, 3.8) is 0 Å². The van der Waals surface area contributed by atoms with Crippen molar-refractivity contribution in [2.24, 2.45) is 0 Å². The molecule has 0 saturated heterocycles. The SMILES string of the molecule is O=C(OCc1ccc(Cl)cc1)c1cccc(-c2nnc(-c3ccccc3)o2)c1. The summed E-state index contributed by atoms with van der Waals surface area (Å²) in [4.78, 5) is 12.4. The van der Waals surface area contributed by atoms with Gasteiger partial charge >= 0.3 is 5.97 Å². The largest absolute Gasteiger partial charge is 0.457 e. The number of ether oxygens (including phenoxy) is 1. The molecule has 5 nitrogen and oxygen atoms in total. The number of nitrogens with zero attached hydrogens (tertiary/aromatic N) is 2. The number of carbonyl (C=O) groups is 1. The molecule has 28 heavy (non-hydrogen) atoms. The van der Waals surface area contributed by atoms with E-state index < -0.39 is 5.97 Å². The van der Waals surface area contributed by atoms with Gasteiger partial charge in [-0.05, 0) is 48.0 Å². The number of hydrogen-bond donors (Lipinski definition) is 0. The molecular formula is C22H15ClN2O3. The van der Waals surface area contributed by atoms with E-state index in [1.165, 1.54) is 0 Å². The number of carbonyl (C=O) groups excluding carboxylic acids is 1. The van der Waals surface area contributed by atoms with Crippen LogP contribution in [-0.2, 0) is 11.3 Å². The Kier molecular flexibility index (Phi) is 5.17.